The van der Waals surface area contributed by atoms with Crippen LogP contribution in [0, 0.1) is 12.0 Å². The molecule has 0 rings (SSSR count). The van der Waals surface area contributed by atoms with Crippen molar-refractivity contribution in [3.63, 3.8) is 0 Å². The maximum atomic E-state index is 10.1. The summed E-state index contributed by atoms with van der Waals surface area (Å²) in [6.45, 7) is 0. The van der Waals surface area contributed by atoms with Gasteiger partial charge in [0.15, 0.2) is 0 Å². The molecule has 0 amide bonds. The highest BCUT2D eigenvalue weighted by Gasteiger charge is 2.13. The van der Waals surface area contributed by atoms with Crippen molar-refractivity contribution in [2.75, 3.05) is 0 Å². The fourth-order valence-electron chi connectivity index (χ4n) is 0.235. The van der Waals surface area contributed by atoms with Gasteiger partial charge in [-0.3, -0.25) is 9.79 Å². The Kier molecular flexibility index (Phi) is 3.76. The molecule has 0 atom stereocenters. The average molecular weight is 226 g/mol. The summed E-state index contributed by atoms with van der Waals surface area (Å²) in [6.07, 6.45) is 2.06. The largest absolute Gasteiger partial charge is 0.533 e. The lowest BCUT2D eigenvalue weighted by atomic mass is 10.8. The molecule has 64 valence electrons. The summed E-state index contributed by atoms with van der Waals surface area (Å²) in [6, 6.07) is 0. The summed E-state index contributed by atoms with van der Waals surface area (Å²) in [5.74, 6) is 2.70. The number of hydrogen-bond donors (Lipinski definition) is 2. The molecule has 0 aliphatic rings. The second-order valence-corrected chi connectivity index (χ2v) is 17.7. The van der Waals surface area contributed by atoms with Crippen LogP contribution in [-0.4, -0.2) is 40.5 Å². The van der Waals surface area contributed by atoms with E-state index >= 15 is 0 Å². The molecule has 0 aromatic carbocycles. The molecule has 0 fully saturated rings. The quantitative estimate of drug-likeness (QED) is 0.274. The molecule has 0 saturated heterocycles. The third-order valence-corrected chi connectivity index (χ3v) is 1.67. The van der Waals surface area contributed by atoms with Gasteiger partial charge in [0.1, 0.15) is 6.11 Å². The first kappa shape index (κ1) is 11.2. The van der Waals surface area contributed by atoms with Crippen LogP contribution in [0.4, 0.5) is 0 Å². The minimum Gasteiger partial charge on any atom is -0.350 e. The Morgan fingerprint density at radius 2 is 1.82 bits per heavy atom. The Morgan fingerprint density at radius 3 is 2.09 bits per heavy atom. The molecular formula is C3H11O4PSi3. The highest BCUT2D eigenvalue weighted by molar-refractivity contribution is 7.46. The highest BCUT2D eigenvalue weighted by atomic mass is 31.2. The lowest BCUT2D eigenvalue weighted by Gasteiger charge is -2.06. The zero-order valence-corrected chi connectivity index (χ0v) is 13.6. The number of rotatable bonds is 1. The van der Waals surface area contributed by atoms with E-state index in [1.165, 1.54) is 0 Å². The van der Waals surface area contributed by atoms with Crippen LogP contribution in [0.2, 0.25) is 4.28 Å². The fraction of sp³-hybridized carbons (Fsp3) is 0.333. The second-order valence-electron chi connectivity index (χ2n) is 3.06. The minimum absolute atomic E-state index is 0.106. The van der Waals surface area contributed by atoms with E-state index in [0.717, 1.165) is 30.7 Å². The van der Waals surface area contributed by atoms with Gasteiger partial charge in [0.25, 0.3) is 0 Å². The van der Waals surface area contributed by atoms with Crippen molar-refractivity contribution in [1.82, 2.24) is 0 Å². The third-order valence-electron chi connectivity index (χ3n) is 0.591. The molecule has 2 N–H and O–H groups in total. The topological polar surface area (TPSA) is 66.8 Å². The molecule has 0 spiro atoms. The standard InChI is InChI=1S/C3H11O4PSi3/c4-8(5,6)7-2-1-3(9,10)11/h9-11H3,(H2,4,5,6). The molecule has 0 aliphatic heterocycles. The van der Waals surface area contributed by atoms with Gasteiger partial charge in [-0.15, -0.1) is 0 Å². The fourth-order valence-corrected chi connectivity index (χ4v) is 0.706. The second kappa shape index (κ2) is 3.71. The van der Waals surface area contributed by atoms with Crippen LogP contribution in [0.5, 0.6) is 0 Å². The summed E-state index contributed by atoms with van der Waals surface area (Å²) in [5.41, 5.74) is 0. The van der Waals surface area contributed by atoms with E-state index in [0.29, 0.717) is 0 Å². The van der Waals surface area contributed by atoms with Gasteiger partial charge in [-0.1, -0.05) is 5.92 Å². The van der Waals surface area contributed by atoms with Gasteiger partial charge in [-0.25, -0.2) is 4.57 Å². The van der Waals surface area contributed by atoms with Crippen molar-refractivity contribution in [3.8, 4) is 12.0 Å². The summed E-state index contributed by atoms with van der Waals surface area (Å²) < 4.78 is 14.2. The Labute approximate surface area is 74.2 Å². The minimum atomic E-state index is -4.38. The van der Waals surface area contributed by atoms with Crippen LogP contribution in [0.25, 0.3) is 0 Å². The van der Waals surface area contributed by atoms with Crippen molar-refractivity contribution in [2.45, 2.75) is 4.28 Å². The summed E-state index contributed by atoms with van der Waals surface area (Å²) in [7, 11) is -1.54. The first-order valence-corrected chi connectivity index (χ1v) is 7.50. The Morgan fingerprint density at radius 1 is 1.36 bits per heavy atom. The molecule has 0 saturated carbocycles. The molecule has 0 aromatic rings. The Balaban J connectivity index is 4.05. The van der Waals surface area contributed by atoms with Crippen LogP contribution in [-0.2, 0) is 9.09 Å². The molecule has 0 aromatic heterocycles. The van der Waals surface area contributed by atoms with E-state index < -0.39 is 7.82 Å². The Hall–Kier alpha value is 0.161. The van der Waals surface area contributed by atoms with E-state index in [1.54, 1.807) is 0 Å². The molecular weight excluding hydrogens is 215 g/mol. The van der Waals surface area contributed by atoms with Gasteiger partial charge in [0.05, 0.1) is 0 Å². The van der Waals surface area contributed by atoms with Gasteiger partial charge < -0.3 is 4.52 Å². The first-order valence-electron chi connectivity index (χ1n) is 2.97. The van der Waals surface area contributed by atoms with Gasteiger partial charge in [0, 0.05) is 30.7 Å². The van der Waals surface area contributed by atoms with Gasteiger partial charge in [0.2, 0.25) is 0 Å². The van der Waals surface area contributed by atoms with Crippen LogP contribution in [0.1, 0.15) is 0 Å². The van der Waals surface area contributed by atoms with E-state index in [-0.39, 0.29) is 4.28 Å². The van der Waals surface area contributed by atoms with Crippen molar-refractivity contribution in [1.29, 1.82) is 0 Å². The molecule has 0 heterocycles. The van der Waals surface area contributed by atoms with E-state index in [1.807, 2.05) is 0 Å². The smallest absolute Gasteiger partial charge is 0.350 e. The Bertz CT molecular complexity index is 229. The molecule has 0 unspecified atom stereocenters. The van der Waals surface area contributed by atoms with E-state index in [4.69, 9.17) is 9.79 Å². The number of hydrogen-bond acceptors (Lipinski definition) is 2. The lowest BCUT2D eigenvalue weighted by molar-refractivity contribution is 0.269. The van der Waals surface area contributed by atoms with Crippen molar-refractivity contribution in [2.24, 2.45) is 0 Å². The average Bonchev–Trinajstić information content (AvgIpc) is 1.55. The van der Waals surface area contributed by atoms with Crippen molar-refractivity contribution >= 4 is 38.6 Å². The van der Waals surface area contributed by atoms with Crippen molar-refractivity contribution < 1.29 is 18.9 Å². The van der Waals surface area contributed by atoms with Crippen LogP contribution < -0.4 is 0 Å². The SMILES string of the molecule is O=P(O)(O)OC#CC([SiH3])([SiH3])[SiH3]. The summed E-state index contributed by atoms with van der Waals surface area (Å²) in [5, 5.41) is 0. The normalized spacial score (nSPS) is 16.9. The number of phosphoric acid groups is 1. The zero-order valence-electron chi connectivity index (χ0n) is 6.66. The van der Waals surface area contributed by atoms with E-state index in [9.17, 15) is 4.57 Å². The van der Waals surface area contributed by atoms with Crippen LogP contribution in [0.15, 0.2) is 0 Å². The van der Waals surface area contributed by atoms with Crippen LogP contribution in [0.3, 0.4) is 0 Å². The monoisotopic (exact) mass is 226 g/mol. The van der Waals surface area contributed by atoms with Crippen molar-refractivity contribution in [3.05, 3.63) is 0 Å². The lowest BCUT2D eigenvalue weighted by Crippen LogP contribution is -2.08. The number of phosphoric ester groups is 1. The first-order chi connectivity index (χ1) is 4.71. The maximum absolute atomic E-state index is 10.1. The zero-order chi connectivity index (χ0) is 9.12. The summed E-state index contributed by atoms with van der Waals surface area (Å²) >= 11 is 0. The molecule has 0 bridgehead atoms. The van der Waals surface area contributed by atoms with Gasteiger partial charge >= 0.3 is 7.82 Å². The van der Waals surface area contributed by atoms with Gasteiger partial charge in [-0.05, 0) is 4.28 Å². The van der Waals surface area contributed by atoms with E-state index in [2.05, 4.69) is 16.6 Å². The molecule has 0 radical (unpaired) electrons. The molecule has 0 aliphatic carbocycles. The van der Waals surface area contributed by atoms with Gasteiger partial charge in [-0.2, -0.15) is 0 Å². The molecule has 4 nitrogen and oxygen atoms in total. The highest BCUT2D eigenvalue weighted by Crippen LogP contribution is 2.34. The predicted octanol–water partition coefficient (Wildman–Crippen LogP) is -3.77. The molecule has 8 heteroatoms. The van der Waals surface area contributed by atoms with Crippen LogP contribution >= 0.6 is 7.82 Å². The summed E-state index contributed by atoms with van der Waals surface area (Å²) in [4.78, 5) is 16.5. The third kappa shape index (κ3) is 10.2. The predicted molar refractivity (Wildman–Crippen MR) is 53.4 cm³/mol. The molecule has 11 heavy (non-hydrogen) atoms. The maximum Gasteiger partial charge on any atom is 0.533 e.